The van der Waals surface area contributed by atoms with Crippen molar-refractivity contribution >= 4 is 23.3 Å². The molecule has 1 aliphatic heterocycles. The van der Waals surface area contributed by atoms with Gasteiger partial charge in [-0.2, -0.15) is 11.3 Å². The van der Waals surface area contributed by atoms with Crippen molar-refractivity contribution in [1.29, 1.82) is 0 Å². The van der Waals surface area contributed by atoms with Crippen LogP contribution in [0.5, 0.6) is 0 Å². The van der Waals surface area contributed by atoms with Gasteiger partial charge >= 0.3 is 6.09 Å². The Labute approximate surface area is 129 Å². The summed E-state index contributed by atoms with van der Waals surface area (Å²) >= 11 is 1.52. The summed E-state index contributed by atoms with van der Waals surface area (Å²) in [5.74, 6) is 0.0461. The van der Waals surface area contributed by atoms with Crippen LogP contribution in [0.1, 0.15) is 44.0 Å². The van der Waals surface area contributed by atoms with Crippen molar-refractivity contribution in [2.75, 3.05) is 13.1 Å². The average Bonchev–Trinajstić information content (AvgIpc) is 3.05. The van der Waals surface area contributed by atoms with E-state index in [2.05, 4.69) is 5.32 Å². The normalized spacial score (nSPS) is 18.6. The second kappa shape index (κ2) is 6.47. The molecule has 1 unspecified atom stereocenters. The number of ether oxygens (including phenoxy) is 1. The molecule has 2 amide bonds. The third kappa shape index (κ3) is 4.46. The van der Waals surface area contributed by atoms with Gasteiger partial charge in [-0.1, -0.05) is 0 Å². The molecule has 5 nitrogen and oxygen atoms in total. The number of carbonyl (C=O) groups is 2. The molecule has 0 saturated carbocycles. The van der Waals surface area contributed by atoms with E-state index in [1.54, 1.807) is 0 Å². The topological polar surface area (TPSA) is 58.6 Å². The zero-order valence-electron chi connectivity index (χ0n) is 12.7. The number of alkyl carbamates (subject to hydrolysis) is 1. The Balaban J connectivity index is 1.88. The standard InChI is InChI=1S/C15H22N2O3S/c1-15(2,3)20-14(19)16-9-12-5-4-7-17(12)13(18)11-6-8-21-10-11/h6,8,10,12H,4-5,7,9H2,1-3H3,(H,16,19). The summed E-state index contributed by atoms with van der Waals surface area (Å²) in [4.78, 5) is 25.9. The van der Waals surface area contributed by atoms with E-state index in [0.29, 0.717) is 6.54 Å². The van der Waals surface area contributed by atoms with Crippen molar-refractivity contribution in [2.24, 2.45) is 0 Å². The number of rotatable bonds is 3. The fourth-order valence-electron chi connectivity index (χ4n) is 2.38. The predicted octanol–water partition coefficient (Wildman–Crippen LogP) is 2.88. The maximum Gasteiger partial charge on any atom is 0.407 e. The summed E-state index contributed by atoms with van der Waals surface area (Å²) in [7, 11) is 0. The Kier molecular flexibility index (Phi) is 4.88. The molecule has 0 bridgehead atoms. The van der Waals surface area contributed by atoms with Gasteiger partial charge in [0.15, 0.2) is 0 Å². The SMILES string of the molecule is CC(C)(C)OC(=O)NCC1CCCN1C(=O)c1ccsc1. The van der Waals surface area contributed by atoms with Crippen LogP contribution in [0.2, 0.25) is 0 Å². The minimum absolute atomic E-state index is 0.0461. The molecule has 116 valence electrons. The van der Waals surface area contributed by atoms with E-state index in [4.69, 9.17) is 4.74 Å². The van der Waals surface area contributed by atoms with Gasteiger partial charge in [0.05, 0.1) is 5.56 Å². The molecule has 0 aliphatic carbocycles. The van der Waals surface area contributed by atoms with Gasteiger partial charge in [-0.25, -0.2) is 4.79 Å². The number of thiophene rings is 1. The van der Waals surface area contributed by atoms with Gasteiger partial charge in [-0.15, -0.1) is 0 Å². The average molecular weight is 310 g/mol. The van der Waals surface area contributed by atoms with E-state index in [1.807, 2.05) is 42.5 Å². The molecule has 0 spiro atoms. The van der Waals surface area contributed by atoms with Crippen LogP contribution in [0.4, 0.5) is 4.79 Å². The second-order valence-corrected chi connectivity index (χ2v) is 6.97. The number of nitrogens with zero attached hydrogens (tertiary/aromatic N) is 1. The monoisotopic (exact) mass is 310 g/mol. The number of hydrogen-bond donors (Lipinski definition) is 1. The van der Waals surface area contributed by atoms with Gasteiger partial charge in [0, 0.05) is 24.5 Å². The van der Waals surface area contributed by atoms with Crippen LogP contribution >= 0.6 is 11.3 Å². The molecule has 1 N–H and O–H groups in total. The van der Waals surface area contributed by atoms with Crippen molar-refractivity contribution in [2.45, 2.75) is 45.3 Å². The number of likely N-dealkylation sites (tertiary alicyclic amines) is 1. The van der Waals surface area contributed by atoms with Crippen LogP contribution in [-0.2, 0) is 4.74 Å². The third-order valence-corrected chi connectivity index (χ3v) is 3.97. The highest BCUT2D eigenvalue weighted by Gasteiger charge is 2.30. The van der Waals surface area contributed by atoms with Gasteiger partial charge < -0.3 is 15.0 Å². The Morgan fingerprint density at radius 1 is 1.48 bits per heavy atom. The van der Waals surface area contributed by atoms with Crippen LogP contribution in [0.3, 0.4) is 0 Å². The Bertz CT molecular complexity index is 494. The zero-order chi connectivity index (χ0) is 15.5. The summed E-state index contributed by atoms with van der Waals surface area (Å²) in [5, 5.41) is 6.52. The van der Waals surface area contributed by atoms with Crippen LogP contribution in [0.15, 0.2) is 16.8 Å². The van der Waals surface area contributed by atoms with Gasteiger partial charge in [-0.05, 0) is 45.1 Å². The smallest absolute Gasteiger partial charge is 0.407 e. The molecular formula is C15H22N2O3S. The lowest BCUT2D eigenvalue weighted by Gasteiger charge is -2.26. The predicted molar refractivity (Wildman–Crippen MR) is 82.6 cm³/mol. The number of hydrogen-bond acceptors (Lipinski definition) is 4. The van der Waals surface area contributed by atoms with Crippen molar-refractivity contribution < 1.29 is 14.3 Å². The molecule has 6 heteroatoms. The zero-order valence-corrected chi connectivity index (χ0v) is 13.5. The highest BCUT2D eigenvalue weighted by atomic mass is 32.1. The highest BCUT2D eigenvalue weighted by Crippen LogP contribution is 2.20. The fraction of sp³-hybridized carbons (Fsp3) is 0.600. The first-order valence-corrected chi connectivity index (χ1v) is 8.11. The molecule has 1 aliphatic rings. The first-order chi connectivity index (χ1) is 9.87. The maximum atomic E-state index is 12.4. The van der Waals surface area contributed by atoms with Gasteiger partial charge in [-0.3, -0.25) is 4.79 Å². The van der Waals surface area contributed by atoms with E-state index in [-0.39, 0.29) is 11.9 Å². The Morgan fingerprint density at radius 3 is 2.86 bits per heavy atom. The minimum Gasteiger partial charge on any atom is -0.444 e. The summed E-state index contributed by atoms with van der Waals surface area (Å²) in [5.41, 5.74) is 0.218. The number of carbonyl (C=O) groups excluding carboxylic acids is 2. The minimum atomic E-state index is -0.508. The summed E-state index contributed by atoms with van der Waals surface area (Å²) < 4.78 is 5.21. The molecule has 1 fully saturated rings. The van der Waals surface area contributed by atoms with Crippen LogP contribution in [-0.4, -0.2) is 41.6 Å². The van der Waals surface area contributed by atoms with Crippen molar-refractivity contribution in [3.05, 3.63) is 22.4 Å². The van der Waals surface area contributed by atoms with E-state index in [1.165, 1.54) is 11.3 Å². The molecule has 1 saturated heterocycles. The van der Waals surface area contributed by atoms with E-state index >= 15 is 0 Å². The highest BCUT2D eigenvalue weighted by molar-refractivity contribution is 7.08. The molecule has 1 aromatic heterocycles. The van der Waals surface area contributed by atoms with Gasteiger partial charge in [0.25, 0.3) is 5.91 Å². The van der Waals surface area contributed by atoms with Gasteiger partial charge in [0.1, 0.15) is 5.60 Å². The lowest BCUT2D eigenvalue weighted by Crippen LogP contribution is -2.44. The Hall–Kier alpha value is -1.56. The largest absolute Gasteiger partial charge is 0.444 e. The molecule has 1 atom stereocenters. The van der Waals surface area contributed by atoms with Crippen molar-refractivity contribution in [3.63, 3.8) is 0 Å². The first kappa shape index (κ1) is 15.8. The van der Waals surface area contributed by atoms with E-state index in [9.17, 15) is 9.59 Å². The number of nitrogens with one attached hydrogen (secondary N) is 1. The van der Waals surface area contributed by atoms with E-state index in [0.717, 1.165) is 24.9 Å². The van der Waals surface area contributed by atoms with Crippen molar-refractivity contribution in [3.8, 4) is 0 Å². The summed E-state index contributed by atoms with van der Waals surface area (Å²) in [6, 6.07) is 1.88. The molecule has 0 aromatic carbocycles. The first-order valence-electron chi connectivity index (χ1n) is 7.17. The number of amides is 2. The molecule has 2 heterocycles. The third-order valence-electron chi connectivity index (χ3n) is 3.29. The van der Waals surface area contributed by atoms with Crippen LogP contribution in [0, 0.1) is 0 Å². The lowest BCUT2D eigenvalue weighted by molar-refractivity contribution is 0.0501. The summed E-state index contributed by atoms with van der Waals surface area (Å²) in [6.07, 6.45) is 1.44. The molecular weight excluding hydrogens is 288 g/mol. The van der Waals surface area contributed by atoms with Crippen LogP contribution in [0.25, 0.3) is 0 Å². The molecule has 2 rings (SSSR count). The van der Waals surface area contributed by atoms with Crippen LogP contribution < -0.4 is 5.32 Å². The Morgan fingerprint density at radius 2 is 2.24 bits per heavy atom. The maximum absolute atomic E-state index is 12.4. The van der Waals surface area contributed by atoms with Gasteiger partial charge in [0.2, 0.25) is 0 Å². The molecule has 21 heavy (non-hydrogen) atoms. The second-order valence-electron chi connectivity index (χ2n) is 6.19. The lowest BCUT2D eigenvalue weighted by atomic mass is 10.2. The molecule has 0 radical (unpaired) electrons. The fourth-order valence-corrected chi connectivity index (χ4v) is 3.01. The van der Waals surface area contributed by atoms with Crippen molar-refractivity contribution in [1.82, 2.24) is 10.2 Å². The summed E-state index contributed by atoms with van der Waals surface area (Å²) in [6.45, 7) is 6.66. The molecule has 1 aromatic rings. The quantitative estimate of drug-likeness (QED) is 0.934. The van der Waals surface area contributed by atoms with E-state index < -0.39 is 11.7 Å².